The summed E-state index contributed by atoms with van der Waals surface area (Å²) < 4.78 is 39.5. The summed E-state index contributed by atoms with van der Waals surface area (Å²) in [4.78, 5) is 58.8. The fraction of sp³-hybridized carbons (Fsp3) is 0.621. The second kappa shape index (κ2) is 24.6. The highest BCUT2D eigenvalue weighted by Gasteiger charge is 2.57. The van der Waals surface area contributed by atoms with E-state index in [0.717, 1.165) is 41.6 Å². The fourth-order valence-corrected chi connectivity index (χ4v) is 11.8. The number of allylic oxidation sites excluding steroid dienone is 2. The normalized spacial score (nSPS) is 34.9. The van der Waals surface area contributed by atoms with Crippen molar-refractivity contribution in [2.75, 3.05) is 27.9 Å². The zero-order valence-corrected chi connectivity index (χ0v) is 44.0. The summed E-state index contributed by atoms with van der Waals surface area (Å²) in [5.41, 5.74) is 3.82. The Morgan fingerprint density at radius 3 is 2.28 bits per heavy atom. The summed E-state index contributed by atoms with van der Waals surface area (Å²) in [7, 11) is 4.70. The van der Waals surface area contributed by atoms with Crippen molar-refractivity contribution in [1.29, 1.82) is 0 Å². The molecule has 2 saturated heterocycles. The van der Waals surface area contributed by atoms with Crippen molar-refractivity contribution in [2.24, 2.45) is 29.6 Å². The molecule has 0 spiro atoms. The number of amides is 1. The number of methoxy groups -OCH3 is 3. The first-order valence-electron chi connectivity index (χ1n) is 26.4. The number of Topliss-reactive ketones (excluding diaryl/α,β-unsaturated/α-hetero) is 2. The molecule has 3 aromatic rings. The van der Waals surface area contributed by atoms with Gasteiger partial charge in [0.15, 0.2) is 0 Å². The highest BCUT2D eigenvalue weighted by molar-refractivity contribution is 6.39. The number of fused-ring (bicyclic) bond motifs is 4. The molecule has 14 unspecified atom stereocenters. The van der Waals surface area contributed by atoms with E-state index >= 15 is 0 Å². The molecule has 14 heteroatoms. The van der Waals surface area contributed by atoms with E-state index in [9.17, 15) is 29.4 Å². The van der Waals surface area contributed by atoms with Crippen molar-refractivity contribution in [3.05, 3.63) is 89.7 Å². The molecule has 2 N–H and O–H groups in total. The highest BCUT2D eigenvalue weighted by Crippen LogP contribution is 2.40. The molecule has 2 aromatic carbocycles. The van der Waals surface area contributed by atoms with E-state index in [2.05, 4.69) is 59.3 Å². The van der Waals surface area contributed by atoms with Gasteiger partial charge in [-0.3, -0.25) is 14.4 Å². The average Bonchev–Trinajstić information content (AvgIpc) is 3.79. The number of aromatic nitrogens is 1. The molecule has 4 aliphatic rings. The largest absolute Gasteiger partial charge is 0.488 e. The standard InChI is InChI=1S/C58H80N2O12/c1-10-42-29-36(3)52(62)37(4)30-50(68-8)54-51(69-9)31-39(6)58(66,72-54)55(63)56(64)60-26-15-14-18-46(60)57(65)71-53(35(2)19-23-47(42)61)38(5)28-41-20-24-48(49(32-41)67-7)70-44-21-22-45-43(33-44)25-27-59(45)34-40-16-12-11-13-17-40/h11-13,16-17,21-22,25,27-29,33,35,37,39,41-42,46,48-54,62,66H,10,14-15,18-20,23-24,26,30-32,34H2,1-9H3/b36-29+,38-28?. The smallest absolute Gasteiger partial charge is 0.329 e. The number of ether oxygens (including phenoxy) is 6. The van der Waals surface area contributed by atoms with Crippen molar-refractivity contribution in [1.82, 2.24) is 9.47 Å². The first kappa shape index (κ1) is 55.1. The maximum atomic E-state index is 14.6. The highest BCUT2D eigenvalue weighted by atomic mass is 16.7. The predicted octanol–water partition coefficient (Wildman–Crippen LogP) is 8.56. The van der Waals surface area contributed by atoms with E-state index < -0.39 is 77.8 Å². The van der Waals surface area contributed by atoms with Crippen LogP contribution in [-0.2, 0) is 49.4 Å². The summed E-state index contributed by atoms with van der Waals surface area (Å²) in [5.74, 6) is -6.52. The number of aliphatic hydroxyl groups excluding tert-OH is 1. The SMILES string of the molecule is CCC1/C=C(\C)C(O)C(C)CC(OC)C2OC(O)(C(=O)C(=O)N3CCCCC3C(=O)OC(C(C)=CC3CCC(Oc4ccc5c(ccn5Cc5ccccc5)c4)C(OC)C3)C(C)CCC1=O)C(C)CC2OC. The minimum absolute atomic E-state index is 0.0237. The van der Waals surface area contributed by atoms with Crippen LogP contribution in [0.4, 0.5) is 0 Å². The summed E-state index contributed by atoms with van der Waals surface area (Å²) in [6.07, 6.45) is 6.91. The Morgan fingerprint density at radius 1 is 0.847 bits per heavy atom. The lowest BCUT2D eigenvalue weighted by molar-refractivity contribution is -0.302. The van der Waals surface area contributed by atoms with Gasteiger partial charge in [-0.05, 0) is 137 Å². The zero-order chi connectivity index (χ0) is 51.9. The predicted molar refractivity (Wildman–Crippen MR) is 274 cm³/mol. The number of hydrogen-bond donors (Lipinski definition) is 2. The van der Waals surface area contributed by atoms with Crippen LogP contribution in [0.2, 0.25) is 0 Å². The molecule has 1 aliphatic carbocycles. The van der Waals surface area contributed by atoms with Crippen LogP contribution in [0.15, 0.2) is 84.1 Å². The van der Waals surface area contributed by atoms with Crippen LogP contribution in [0.5, 0.6) is 5.75 Å². The third-order valence-electron chi connectivity index (χ3n) is 16.2. The maximum Gasteiger partial charge on any atom is 0.329 e. The third kappa shape index (κ3) is 12.4. The molecule has 394 valence electrons. The fourth-order valence-electron chi connectivity index (χ4n) is 11.8. The van der Waals surface area contributed by atoms with Gasteiger partial charge in [-0.25, -0.2) is 4.79 Å². The van der Waals surface area contributed by atoms with E-state index in [1.807, 2.05) is 52.8 Å². The summed E-state index contributed by atoms with van der Waals surface area (Å²) in [6.45, 7) is 12.1. The molecule has 1 amide bonds. The van der Waals surface area contributed by atoms with Crippen molar-refractivity contribution < 1.29 is 57.8 Å². The molecule has 72 heavy (non-hydrogen) atoms. The van der Waals surface area contributed by atoms with Crippen LogP contribution in [0.25, 0.3) is 10.9 Å². The van der Waals surface area contributed by atoms with Gasteiger partial charge in [0.1, 0.15) is 35.9 Å². The van der Waals surface area contributed by atoms with Gasteiger partial charge < -0.3 is 48.1 Å². The zero-order valence-electron chi connectivity index (χ0n) is 44.0. The van der Waals surface area contributed by atoms with Gasteiger partial charge in [0.2, 0.25) is 5.79 Å². The number of nitrogens with zero attached hydrogens (tertiary/aromatic N) is 2. The van der Waals surface area contributed by atoms with Crippen molar-refractivity contribution in [3.8, 4) is 5.75 Å². The second-order valence-electron chi connectivity index (χ2n) is 21.3. The van der Waals surface area contributed by atoms with Crippen molar-refractivity contribution in [2.45, 2.75) is 173 Å². The second-order valence-corrected chi connectivity index (χ2v) is 21.3. The number of benzene rings is 2. The molecule has 1 saturated carbocycles. The Labute approximate surface area is 426 Å². The van der Waals surface area contributed by atoms with Gasteiger partial charge >= 0.3 is 5.97 Å². The number of rotatable bonds is 10. The minimum atomic E-state index is -2.55. The monoisotopic (exact) mass is 997 g/mol. The van der Waals surface area contributed by atoms with Crippen molar-refractivity contribution >= 4 is 34.3 Å². The third-order valence-corrected chi connectivity index (χ3v) is 16.2. The number of piperidine rings is 1. The van der Waals surface area contributed by atoms with Crippen LogP contribution in [0.1, 0.15) is 118 Å². The summed E-state index contributed by atoms with van der Waals surface area (Å²) in [5, 5.41) is 24.9. The van der Waals surface area contributed by atoms with Crippen LogP contribution < -0.4 is 4.74 Å². The van der Waals surface area contributed by atoms with Gasteiger partial charge in [-0.15, -0.1) is 0 Å². The number of aliphatic hydroxyl groups is 2. The Hall–Kier alpha value is -4.70. The van der Waals surface area contributed by atoms with Gasteiger partial charge in [0.05, 0.1) is 24.4 Å². The molecule has 3 aliphatic heterocycles. The first-order valence-corrected chi connectivity index (χ1v) is 26.4. The van der Waals surface area contributed by atoms with Crippen LogP contribution in [0, 0.1) is 29.6 Å². The van der Waals surface area contributed by atoms with Crippen LogP contribution >= 0.6 is 0 Å². The number of carbonyl (C=O) groups is 4. The van der Waals surface area contributed by atoms with Crippen LogP contribution in [0.3, 0.4) is 0 Å². The number of hydrogen-bond acceptors (Lipinski definition) is 12. The summed E-state index contributed by atoms with van der Waals surface area (Å²) >= 11 is 0. The van der Waals surface area contributed by atoms with E-state index in [1.165, 1.54) is 24.7 Å². The van der Waals surface area contributed by atoms with E-state index in [1.54, 1.807) is 14.0 Å². The van der Waals surface area contributed by atoms with Gasteiger partial charge in [-0.2, -0.15) is 0 Å². The molecule has 14 nitrogen and oxygen atoms in total. The molecule has 1 aromatic heterocycles. The average molecular weight is 997 g/mol. The molecule has 2 bridgehead atoms. The van der Waals surface area contributed by atoms with E-state index in [0.29, 0.717) is 37.7 Å². The molecule has 7 rings (SSSR count). The lowest BCUT2D eigenvalue weighted by Gasteiger charge is -2.47. The first-order chi connectivity index (χ1) is 34.5. The van der Waals surface area contributed by atoms with Gasteiger partial charge in [-0.1, -0.05) is 70.2 Å². The number of carbonyl (C=O) groups excluding carboxylic acids is 4. The number of ketones is 2. The lowest BCUT2D eigenvalue weighted by Crippen LogP contribution is -2.64. The Balaban J connectivity index is 1.13. The van der Waals surface area contributed by atoms with Crippen molar-refractivity contribution in [3.63, 3.8) is 0 Å². The van der Waals surface area contributed by atoms with E-state index in [-0.39, 0.29) is 62.1 Å². The Kier molecular flexibility index (Phi) is 18.8. The molecular formula is C58H80N2O12. The summed E-state index contributed by atoms with van der Waals surface area (Å²) in [6, 6.07) is 17.6. The topological polar surface area (TPSA) is 172 Å². The molecule has 14 atom stereocenters. The minimum Gasteiger partial charge on any atom is -0.488 e. The quantitative estimate of drug-likeness (QED) is 0.113. The van der Waals surface area contributed by atoms with Gasteiger partial charge in [0.25, 0.3) is 11.7 Å². The maximum absolute atomic E-state index is 14.6. The molecule has 0 radical (unpaired) electrons. The Morgan fingerprint density at radius 2 is 1.57 bits per heavy atom. The van der Waals surface area contributed by atoms with Crippen LogP contribution in [-0.4, -0.2) is 126 Å². The number of cyclic esters (lactones) is 1. The molecular weight excluding hydrogens is 917 g/mol. The molecule has 4 heterocycles. The number of esters is 1. The molecule has 3 fully saturated rings. The lowest BCUT2D eigenvalue weighted by atomic mass is 9.81. The van der Waals surface area contributed by atoms with E-state index in [4.69, 9.17) is 28.4 Å². The van der Waals surface area contributed by atoms with Gasteiger partial charge in [0, 0.05) is 69.8 Å². The Bertz CT molecular complexity index is 2400.